The van der Waals surface area contributed by atoms with Crippen molar-refractivity contribution in [2.45, 2.75) is 19.8 Å². The van der Waals surface area contributed by atoms with E-state index in [4.69, 9.17) is 4.74 Å². The third kappa shape index (κ3) is 2.70. The number of carbonyl (C=O) groups is 1. The number of rotatable bonds is 2. The molecule has 0 radical (unpaired) electrons. The number of nitrogens with zero attached hydrogens (tertiary/aromatic N) is 2. The van der Waals surface area contributed by atoms with Crippen LogP contribution in [0.3, 0.4) is 0 Å². The Hall–Kier alpha value is -2.02. The second kappa shape index (κ2) is 5.75. The highest BCUT2D eigenvalue weighted by molar-refractivity contribution is 5.73. The number of para-hydroxylation sites is 1. The fourth-order valence-electron chi connectivity index (χ4n) is 2.67. The van der Waals surface area contributed by atoms with Crippen LogP contribution in [-0.2, 0) is 9.53 Å². The molecule has 0 amide bonds. The summed E-state index contributed by atoms with van der Waals surface area (Å²) in [6.45, 7) is 3.60. The second-order valence-electron chi connectivity index (χ2n) is 4.87. The van der Waals surface area contributed by atoms with Crippen LogP contribution in [0.4, 0.5) is 5.69 Å². The normalized spacial score (nSPS) is 15.9. The van der Waals surface area contributed by atoms with E-state index in [9.17, 15) is 10.1 Å². The number of nitriles is 1. The van der Waals surface area contributed by atoms with Crippen LogP contribution in [0.1, 0.15) is 24.0 Å². The van der Waals surface area contributed by atoms with E-state index in [1.54, 1.807) is 0 Å². The summed E-state index contributed by atoms with van der Waals surface area (Å²) in [5.74, 6) is -0.124. The fourth-order valence-corrected chi connectivity index (χ4v) is 2.67. The largest absolute Gasteiger partial charge is 0.469 e. The number of ether oxygens (including phenoxy) is 1. The maximum Gasteiger partial charge on any atom is 0.308 e. The summed E-state index contributed by atoms with van der Waals surface area (Å²) in [6, 6.07) is 8.01. The maximum atomic E-state index is 11.5. The molecule has 0 N–H and O–H groups in total. The van der Waals surface area contributed by atoms with Crippen molar-refractivity contribution in [1.29, 1.82) is 5.26 Å². The van der Waals surface area contributed by atoms with E-state index in [0.717, 1.165) is 37.2 Å². The zero-order valence-corrected chi connectivity index (χ0v) is 11.3. The molecule has 100 valence electrons. The van der Waals surface area contributed by atoms with Gasteiger partial charge in [0.25, 0.3) is 0 Å². The third-order valence-corrected chi connectivity index (χ3v) is 3.70. The number of hydrogen-bond acceptors (Lipinski definition) is 4. The first-order chi connectivity index (χ1) is 9.17. The minimum absolute atomic E-state index is 0.00389. The predicted molar refractivity (Wildman–Crippen MR) is 72.8 cm³/mol. The molecule has 0 atom stereocenters. The first-order valence-electron chi connectivity index (χ1n) is 6.50. The van der Waals surface area contributed by atoms with Gasteiger partial charge in [-0.15, -0.1) is 0 Å². The molecule has 0 spiro atoms. The van der Waals surface area contributed by atoms with Gasteiger partial charge in [-0.2, -0.15) is 5.26 Å². The van der Waals surface area contributed by atoms with Gasteiger partial charge in [-0.3, -0.25) is 4.79 Å². The average molecular weight is 258 g/mol. The topological polar surface area (TPSA) is 53.3 Å². The number of piperidine rings is 1. The summed E-state index contributed by atoms with van der Waals surface area (Å²) < 4.78 is 4.79. The summed E-state index contributed by atoms with van der Waals surface area (Å²) in [5, 5.41) is 9.20. The predicted octanol–water partition coefficient (Wildman–Crippen LogP) is 2.26. The molecular weight excluding hydrogens is 240 g/mol. The van der Waals surface area contributed by atoms with E-state index in [1.165, 1.54) is 7.11 Å². The summed E-state index contributed by atoms with van der Waals surface area (Å²) >= 11 is 0. The van der Waals surface area contributed by atoms with Gasteiger partial charge < -0.3 is 9.64 Å². The molecule has 1 aliphatic heterocycles. The molecule has 1 aliphatic rings. The number of hydrogen-bond donors (Lipinski definition) is 0. The van der Waals surface area contributed by atoms with Gasteiger partial charge in [-0.25, -0.2) is 0 Å². The number of anilines is 1. The Bertz CT molecular complexity index is 511. The first kappa shape index (κ1) is 13.4. The smallest absolute Gasteiger partial charge is 0.308 e. The lowest BCUT2D eigenvalue weighted by atomic mass is 9.95. The van der Waals surface area contributed by atoms with E-state index < -0.39 is 0 Å². The molecule has 4 nitrogen and oxygen atoms in total. The molecule has 4 heteroatoms. The minimum Gasteiger partial charge on any atom is -0.469 e. The van der Waals surface area contributed by atoms with E-state index in [-0.39, 0.29) is 11.9 Å². The lowest BCUT2D eigenvalue weighted by molar-refractivity contribution is -0.146. The van der Waals surface area contributed by atoms with Gasteiger partial charge in [0.2, 0.25) is 0 Å². The quantitative estimate of drug-likeness (QED) is 0.763. The monoisotopic (exact) mass is 258 g/mol. The molecule has 0 aromatic heterocycles. The summed E-state index contributed by atoms with van der Waals surface area (Å²) in [6.07, 6.45) is 1.57. The maximum absolute atomic E-state index is 11.5. The van der Waals surface area contributed by atoms with Crippen LogP contribution in [0.5, 0.6) is 0 Å². The zero-order valence-electron chi connectivity index (χ0n) is 11.3. The Balaban J connectivity index is 2.14. The molecular formula is C15H18N2O2. The Morgan fingerprint density at radius 3 is 2.68 bits per heavy atom. The Labute approximate surface area is 113 Å². The molecule has 0 saturated carbocycles. The van der Waals surface area contributed by atoms with E-state index in [2.05, 4.69) is 11.0 Å². The molecule has 19 heavy (non-hydrogen) atoms. The van der Waals surface area contributed by atoms with E-state index >= 15 is 0 Å². The van der Waals surface area contributed by atoms with Crippen molar-refractivity contribution in [3.05, 3.63) is 29.3 Å². The standard InChI is InChI=1S/C15H18N2O2/c1-11-4-3-5-13(10-16)14(11)17-8-6-12(7-9-17)15(18)19-2/h3-5,12H,6-9H2,1-2H3. The van der Waals surface area contributed by atoms with Gasteiger partial charge in [0.15, 0.2) is 0 Å². The van der Waals surface area contributed by atoms with Crippen LogP contribution in [-0.4, -0.2) is 26.2 Å². The Kier molecular flexibility index (Phi) is 4.06. The van der Waals surface area contributed by atoms with Gasteiger partial charge in [0.05, 0.1) is 24.3 Å². The molecule has 0 unspecified atom stereocenters. The van der Waals surface area contributed by atoms with Crippen molar-refractivity contribution >= 4 is 11.7 Å². The molecule has 1 saturated heterocycles. The van der Waals surface area contributed by atoms with Crippen molar-refractivity contribution in [1.82, 2.24) is 0 Å². The summed E-state index contributed by atoms with van der Waals surface area (Å²) in [7, 11) is 1.43. The van der Waals surface area contributed by atoms with Crippen LogP contribution in [0, 0.1) is 24.2 Å². The molecule has 0 aliphatic carbocycles. The average Bonchev–Trinajstić information content (AvgIpc) is 2.46. The lowest BCUT2D eigenvalue weighted by Crippen LogP contribution is -2.37. The highest BCUT2D eigenvalue weighted by atomic mass is 16.5. The zero-order chi connectivity index (χ0) is 13.8. The number of carbonyl (C=O) groups excluding carboxylic acids is 1. The number of benzene rings is 1. The van der Waals surface area contributed by atoms with Crippen molar-refractivity contribution < 1.29 is 9.53 Å². The van der Waals surface area contributed by atoms with Crippen LogP contribution in [0.2, 0.25) is 0 Å². The Morgan fingerprint density at radius 2 is 2.11 bits per heavy atom. The van der Waals surface area contributed by atoms with Gasteiger partial charge in [-0.1, -0.05) is 12.1 Å². The first-order valence-corrected chi connectivity index (χ1v) is 6.50. The van der Waals surface area contributed by atoms with Crippen molar-refractivity contribution in [2.75, 3.05) is 25.1 Å². The number of esters is 1. The third-order valence-electron chi connectivity index (χ3n) is 3.70. The highest BCUT2D eigenvalue weighted by Gasteiger charge is 2.27. The van der Waals surface area contributed by atoms with Crippen LogP contribution < -0.4 is 4.90 Å². The SMILES string of the molecule is COC(=O)C1CCN(c2c(C)cccc2C#N)CC1. The summed E-state index contributed by atoms with van der Waals surface area (Å²) in [5.41, 5.74) is 2.82. The van der Waals surface area contributed by atoms with E-state index in [0.29, 0.717) is 5.56 Å². The van der Waals surface area contributed by atoms with Crippen molar-refractivity contribution in [3.63, 3.8) is 0 Å². The fraction of sp³-hybridized carbons (Fsp3) is 0.467. The minimum atomic E-state index is -0.120. The van der Waals surface area contributed by atoms with Gasteiger partial charge in [0, 0.05) is 13.1 Å². The molecule has 1 heterocycles. The lowest BCUT2D eigenvalue weighted by Gasteiger charge is -2.33. The summed E-state index contributed by atoms with van der Waals surface area (Å²) in [4.78, 5) is 13.7. The number of methoxy groups -OCH3 is 1. The van der Waals surface area contributed by atoms with Gasteiger partial charge >= 0.3 is 5.97 Å². The molecule has 1 fully saturated rings. The van der Waals surface area contributed by atoms with Gasteiger partial charge in [0.1, 0.15) is 6.07 Å². The number of aryl methyl sites for hydroxylation is 1. The van der Waals surface area contributed by atoms with Crippen molar-refractivity contribution in [2.24, 2.45) is 5.92 Å². The van der Waals surface area contributed by atoms with E-state index in [1.807, 2.05) is 25.1 Å². The second-order valence-corrected chi connectivity index (χ2v) is 4.87. The van der Waals surface area contributed by atoms with Crippen LogP contribution >= 0.6 is 0 Å². The molecule has 1 aromatic carbocycles. The molecule has 1 aromatic rings. The molecule has 0 bridgehead atoms. The van der Waals surface area contributed by atoms with Crippen LogP contribution in [0.25, 0.3) is 0 Å². The van der Waals surface area contributed by atoms with Gasteiger partial charge in [-0.05, 0) is 31.4 Å². The van der Waals surface area contributed by atoms with Crippen LogP contribution in [0.15, 0.2) is 18.2 Å². The van der Waals surface area contributed by atoms with Crippen molar-refractivity contribution in [3.8, 4) is 6.07 Å². The highest BCUT2D eigenvalue weighted by Crippen LogP contribution is 2.29. The molecule has 2 rings (SSSR count). The Morgan fingerprint density at radius 1 is 1.42 bits per heavy atom.